The summed E-state index contributed by atoms with van der Waals surface area (Å²) in [5, 5.41) is 4.28. The van der Waals surface area contributed by atoms with Gasteiger partial charge in [0.15, 0.2) is 11.3 Å². The average Bonchev–Trinajstić information content (AvgIpc) is 2.96. The quantitative estimate of drug-likeness (QED) is 0.680. The van der Waals surface area contributed by atoms with Crippen LogP contribution in [0.3, 0.4) is 0 Å². The molecule has 2 aromatic heterocycles. The second kappa shape index (κ2) is 3.57. The number of hydrogen-bond donors (Lipinski definition) is 0. The fourth-order valence-electron chi connectivity index (χ4n) is 1.39. The Kier molecular flexibility index (Phi) is 2.07. The molecule has 0 bridgehead atoms. The predicted octanol–water partition coefficient (Wildman–Crippen LogP) is 2.35. The summed E-state index contributed by atoms with van der Waals surface area (Å²) in [7, 11) is 1.64. The molecule has 0 saturated carbocycles. The van der Waals surface area contributed by atoms with Crippen LogP contribution in [0.2, 0.25) is 0 Å². The molecule has 0 aliphatic rings. The van der Waals surface area contributed by atoms with E-state index in [1.807, 2.05) is 18.2 Å². The lowest BCUT2D eigenvalue weighted by molar-refractivity contribution is 0.415. The molecule has 1 aromatic carbocycles. The zero-order valence-electron chi connectivity index (χ0n) is 8.38. The zero-order valence-corrected chi connectivity index (χ0v) is 9.19. The van der Waals surface area contributed by atoms with Crippen molar-refractivity contribution in [2.24, 2.45) is 0 Å². The van der Waals surface area contributed by atoms with Crippen LogP contribution in [0.4, 0.5) is 0 Å². The van der Waals surface area contributed by atoms with Gasteiger partial charge in [-0.15, -0.1) is 11.3 Å². The lowest BCUT2D eigenvalue weighted by Gasteiger charge is -1.96. The molecule has 2 heterocycles. The third kappa shape index (κ3) is 1.43. The smallest absolute Gasteiger partial charge is 0.286 e. The molecule has 3 aromatic rings. The minimum Gasteiger partial charge on any atom is -0.497 e. The third-order valence-corrected chi connectivity index (χ3v) is 3.15. The number of thiazole rings is 1. The molecule has 0 aliphatic carbocycles. The monoisotopic (exact) mass is 233 g/mol. The van der Waals surface area contributed by atoms with Gasteiger partial charge in [-0.1, -0.05) is 5.16 Å². The van der Waals surface area contributed by atoms with Crippen molar-refractivity contribution in [1.29, 1.82) is 0 Å². The first-order valence-electron chi connectivity index (χ1n) is 4.58. The van der Waals surface area contributed by atoms with Gasteiger partial charge in [0.2, 0.25) is 0 Å². The summed E-state index contributed by atoms with van der Waals surface area (Å²) < 4.78 is 11.1. The Labute approximate surface area is 94.7 Å². The van der Waals surface area contributed by atoms with E-state index in [0.717, 1.165) is 21.0 Å². The summed E-state index contributed by atoms with van der Waals surface area (Å²) in [6.45, 7) is 0. The van der Waals surface area contributed by atoms with Gasteiger partial charge >= 0.3 is 0 Å². The Bertz CT molecular complexity index is 618. The van der Waals surface area contributed by atoms with Gasteiger partial charge in [0.1, 0.15) is 5.75 Å². The third-order valence-electron chi connectivity index (χ3n) is 2.14. The van der Waals surface area contributed by atoms with Crippen molar-refractivity contribution in [2.45, 2.75) is 0 Å². The van der Waals surface area contributed by atoms with E-state index in [1.165, 1.54) is 17.7 Å². The van der Waals surface area contributed by atoms with E-state index in [1.54, 1.807) is 7.11 Å². The van der Waals surface area contributed by atoms with Gasteiger partial charge < -0.3 is 9.26 Å². The molecule has 6 heteroatoms. The molecule has 0 atom stereocenters. The summed E-state index contributed by atoms with van der Waals surface area (Å²) in [5.74, 6) is 1.26. The normalized spacial score (nSPS) is 10.8. The van der Waals surface area contributed by atoms with Crippen LogP contribution < -0.4 is 4.74 Å². The van der Waals surface area contributed by atoms with E-state index < -0.39 is 0 Å². The Balaban J connectivity index is 2.16. The van der Waals surface area contributed by atoms with Crippen molar-refractivity contribution in [2.75, 3.05) is 7.11 Å². The number of methoxy groups -OCH3 is 1. The van der Waals surface area contributed by atoms with Gasteiger partial charge in [-0.3, -0.25) is 0 Å². The van der Waals surface area contributed by atoms with Crippen molar-refractivity contribution in [3.8, 4) is 16.6 Å². The topological polar surface area (TPSA) is 61.0 Å². The molecule has 3 rings (SSSR count). The number of aromatic nitrogens is 3. The molecule has 0 N–H and O–H groups in total. The summed E-state index contributed by atoms with van der Waals surface area (Å²) in [5.41, 5.74) is 0.902. The summed E-state index contributed by atoms with van der Waals surface area (Å²) in [6.07, 6.45) is 1.36. The minimum absolute atomic E-state index is 0.445. The maximum absolute atomic E-state index is 5.15. The van der Waals surface area contributed by atoms with E-state index in [9.17, 15) is 0 Å². The van der Waals surface area contributed by atoms with Crippen molar-refractivity contribution < 1.29 is 9.26 Å². The van der Waals surface area contributed by atoms with Gasteiger partial charge in [-0.2, -0.15) is 4.98 Å². The SMILES string of the molecule is COc1ccc2nc(-c3ncno3)sc2c1. The van der Waals surface area contributed by atoms with Gasteiger partial charge in [0.25, 0.3) is 5.89 Å². The van der Waals surface area contributed by atoms with Gasteiger partial charge in [-0.25, -0.2) is 4.98 Å². The highest BCUT2D eigenvalue weighted by atomic mass is 32.1. The fourth-order valence-corrected chi connectivity index (χ4v) is 2.31. The van der Waals surface area contributed by atoms with E-state index >= 15 is 0 Å². The number of hydrogen-bond acceptors (Lipinski definition) is 6. The van der Waals surface area contributed by atoms with Crippen LogP contribution in [0, 0.1) is 0 Å². The highest BCUT2D eigenvalue weighted by Gasteiger charge is 2.11. The van der Waals surface area contributed by atoms with Crippen LogP contribution in [0.15, 0.2) is 29.0 Å². The number of ether oxygens (including phenoxy) is 1. The molecule has 0 radical (unpaired) electrons. The highest BCUT2D eigenvalue weighted by Crippen LogP contribution is 2.30. The maximum atomic E-state index is 5.15. The Hall–Kier alpha value is -1.95. The predicted molar refractivity (Wildman–Crippen MR) is 59.5 cm³/mol. The average molecular weight is 233 g/mol. The first kappa shape index (κ1) is 9.29. The number of fused-ring (bicyclic) bond motifs is 1. The number of benzene rings is 1. The molecule has 0 aliphatic heterocycles. The summed E-state index contributed by atoms with van der Waals surface area (Å²) >= 11 is 1.50. The Morgan fingerprint density at radius 3 is 3.06 bits per heavy atom. The van der Waals surface area contributed by atoms with Crippen molar-refractivity contribution >= 4 is 21.6 Å². The number of nitrogens with zero attached hydrogens (tertiary/aromatic N) is 3. The van der Waals surface area contributed by atoms with Gasteiger partial charge in [-0.05, 0) is 18.2 Å². The first-order chi connectivity index (χ1) is 7.86. The zero-order chi connectivity index (χ0) is 11.0. The largest absolute Gasteiger partial charge is 0.497 e. The fraction of sp³-hybridized carbons (Fsp3) is 0.100. The van der Waals surface area contributed by atoms with Crippen LogP contribution in [-0.4, -0.2) is 22.2 Å². The second-order valence-electron chi connectivity index (χ2n) is 3.10. The van der Waals surface area contributed by atoms with Crippen LogP contribution >= 0.6 is 11.3 Å². The van der Waals surface area contributed by atoms with Crippen LogP contribution in [0.5, 0.6) is 5.75 Å². The second-order valence-corrected chi connectivity index (χ2v) is 4.13. The molecule has 5 nitrogen and oxygen atoms in total. The molecule has 0 fully saturated rings. The highest BCUT2D eigenvalue weighted by molar-refractivity contribution is 7.21. The molecule has 0 spiro atoms. The molecule has 0 amide bonds. The summed E-state index contributed by atoms with van der Waals surface area (Å²) in [4.78, 5) is 8.36. The van der Waals surface area contributed by atoms with E-state index in [2.05, 4.69) is 15.1 Å². The Morgan fingerprint density at radius 1 is 1.38 bits per heavy atom. The lowest BCUT2D eigenvalue weighted by atomic mass is 10.3. The minimum atomic E-state index is 0.445. The standard InChI is InChI=1S/C10H7N3O2S/c1-14-6-2-3-7-8(4-6)16-10(13-7)9-11-5-12-15-9/h2-5H,1H3. The molecule has 0 unspecified atom stereocenters. The van der Waals surface area contributed by atoms with Crippen LogP contribution in [0.25, 0.3) is 21.1 Å². The molecular weight excluding hydrogens is 226 g/mol. The maximum Gasteiger partial charge on any atom is 0.286 e. The van der Waals surface area contributed by atoms with Crippen molar-refractivity contribution in [3.63, 3.8) is 0 Å². The van der Waals surface area contributed by atoms with Crippen LogP contribution in [-0.2, 0) is 0 Å². The van der Waals surface area contributed by atoms with E-state index in [4.69, 9.17) is 9.26 Å². The number of rotatable bonds is 2. The molecule has 0 saturated heterocycles. The molecule has 16 heavy (non-hydrogen) atoms. The van der Waals surface area contributed by atoms with Crippen molar-refractivity contribution in [3.05, 3.63) is 24.5 Å². The van der Waals surface area contributed by atoms with E-state index in [-0.39, 0.29) is 0 Å². The van der Waals surface area contributed by atoms with Gasteiger partial charge in [0.05, 0.1) is 17.3 Å². The molecular formula is C10H7N3O2S. The van der Waals surface area contributed by atoms with E-state index in [0.29, 0.717) is 5.89 Å². The van der Waals surface area contributed by atoms with Gasteiger partial charge in [0, 0.05) is 0 Å². The summed E-state index contributed by atoms with van der Waals surface area (Å²) in [6, 6.07) is 5.72. The Morgan fingerprint density at radius 2 is 2.31 bits per heavy atom. The van der Waals surface area contributed by atoms with Crippen molar-refractivity contribution in [1.82, 2.24) is 15.1 Å². The van der Waals surface area contributed by atoms with Crippen LogP contribution in [0.1, 0.15) is 0 Å². The lowest BCUT2D eigenvalue weighted by Crippen LogP contribution is -1.80. The molecule has 80 valence electrons. The first-order valence-corrected chi connectivity index (χ1v) is 5.40.